The molecule has 2 rings (SSSR count). The van der Waals surface area contributed by atoms with Gasteiger partial charge in [-0.15, -0.1) is 0 Å². The number of halogens is 1. The number of carbonyl (C=O) groups is 1. The Balaban J connectivity index is 2.11. The summed E-state index contributed by atoms with van der Waals surface area (Å²) < 4.78 is 10.2. The van der Waals surface area contributed by atoms with Gasteiger partial charge in [0, 0.05) is 0 Å². The van der Waals surface area contributed by atoms with Crippen LogP contribution in [0, 0.1) is 11.3 Å². The van der Waals surface area contributed by atoms with Gasteiger partial charge in [0.15, 0.2) is 0 Å². The molecule has 5 nitrogen and oxygen atoms in total. The van der Waals surface area contributed by atoms with Crippen molar-refractivity contribution in [2.75, 3.05) is 7.11 Å². The number of benzene rings is 1. The molecule has 0 fully saturated rings. The second-order valence-corrected chi connectivity index (χ2v) is 4.73. The van der Waals surface area contributed by atoms with E-state index in [2.05, 4.69) is 5.32 Å². The average molecular weight is 317 g/mol. The van der Waals surface area contributed by atoms with E-state index >= 15 is 0 Å². The van der Waals surface area contributed by atoms with Crippen LogP contribution in [0.25, 0.3) is 6.08 Å². The van der Waals surface area contributed by atoms with Gasteiger partial charge in [-0.05, 0) is 35.9 Å². The SMILES string of the molecule is COc1ccc(C=C(C#N)C(=O)NCc2ccco2)cc1Cl. The third kappa shape index (κ3) is 3.90. The summed E-state index contributed by atoms with van der Waals surface area (Å²) in [6.45, 7) is 0.216. The maximum absolute atomic E-state index is 12.0. The van der Waals surface area contributed by atoms with Crippen LogP contribution >= 0.6 is 11.6 Å². The highest BCUT2D eigenvalue weighted by molar-refractivity contribution is 6.32. The number of nitrogens with zero attached hydrogens (tertiary/aromatic N) is 1. The Morgan fingerprint density at radius 1 is 1.50 bits per heavy atom. The van der Waals surface area contributed by atoms with E-state index in [1.807, 2.05) is 6.07 Å². The zero-order valence-electron chi connectivity index (χ0n) is 11.8. The number of methoxy groups -OCH3 is 1. The summed E-state index contributed by atoms with van der Waals surface area (Å²) >= 11 is 6.01. The lowest BCUT2D eigenvalue weighted by Gasteiger charge is -2.04. The van der Waals surface area contributed by atoms with Crippen molar-refractivity contribution in [2.45, 2.75) is 6.54 Å². The van der Waals surface area contributed by atoms with Crippen LogP contribution < -0.4 is 10.1 Å². The Bertz CT molecular complexity index is 730. The molecule has 0 spiro atoms. The van der Waals surface area contributed by atoms with Crippen molar-refractivity contribution in [1.82, 2.24) is 5.32 Å². The lowest BCUT2D eigenvalue weighted by molar-refractivity contribution is -0.117. The van der Waals surface area contributed by atoms with Gasteiger partial charge in [0.05, 0.1) is 24.9 Å². The number of carbonyl (C=O) groups excluding carboxylic acids is 1. The second kappa shape index (κ2) is 7.34. The van der Waals surface area contributed by atoms with Gasteiger partial charge in [-0.25, -0.2) is 0 Å². The van der Waals surface area contributed by atoms with Crippen LogP contribution in [0.5, 0.6) is 5.75 Å². The monoisotopic (exact) mass is 316 g/mol. The quantitative estimate of drug-likeness (QED) is 0.679. The number of hydrogen-bond acceptors (Lipinski definition) is 4. The van der Waals surface area contributed by atoms with Crippen LogP contribution in [-0.2, 0) is 11.3 Å². The number of hydrogen-bond donors (Lipinski definition) is 1. The van der Waals surface area contributed by atoms with Crippen LogP contribution in [-0.4, -0.2) is 13.0 Å². The highest BCUT2D eigenvalue weighted by Gasteiger charge is 2.10. The Hall–Kier alpha value is -2.71. The molecule has 0 aliphatic carbocycles. The lowest BCUT2D eigenvalue weighted by Crippen LogP contribution is -2.23. The summed E-state index contributed by atoms with van der Waals surface area (Å²) in [6, 6.07) is 10.3. The highest BCUT2D eigenvalue weighted by atomic mass is 35.5. The maximum atomic E-state index is 12.0. The predicted molar refractivity (Wildman–Crippen MR) is 82.1 cm³/mol. The molecule has 0 radical (unpaired) electrons. The van der Waals surface area contributed by atoms with Gasteiger partial charge < -0.3 is 14.5 Å². The van der Waals surface area contributed by atoms with E-state index in [0.29, 0.717) is 22.1 Å². The zero-order valence-corrected chi connectivity index (χ0v) is 12.6. The van der Waals surface area contributed by atoms with Crippen LogP contribution in [0.4, 0.5) is 0 Å². The fourth-order valence-electron chi connectivity index (χ4n) is 1.76. The molecular formula is C16H13ClN2O3. The molecule has 1 N–H and O–H groups in total. The first-order chi connectivity index (χ1) is 10.6. The number of nitrogens with one attached hydrogen (secondary N) is 1. The molecule has 0 bridgehead atoms. The predicted octanol–water partition coefficient (Wildman–Crippen LogP) is 3.16. The topological polar surface area (TPSA) is 75.3 Å². The molecule has 0 aliphatic heterocycles. The lowest BCUT2D eigenvalue weighted by atomic mass is 10.1. The minimum Gasteiger partial charge on any atom is -0.495 e. The molecule has 6 heteroatoms. The minimum atomic E-state index is -0.481. The van der Waals surface area contributed by atoms with Gasteiger partial charge in [0.25, 0.3) is 5.91 Å². The molecule has 1 heterocycles. The average Bonchev–Trinajstić information content (AvgIpc) is 3.04. The van der Waals surface area contributed by atoms with Crippen molar-refractivity contribution in [1.29, 1.82) is 5.26 Å². The summed E-state index contributed by atoms with van der Waals surface area (Å²) in [5.74, 6) is 0.656. The summed E-state index contributed by atoms with van der Waals surface area (Å²) in [4.78, 5) is 12.0. The Labute approximate surface area is 132 Å². The standard InChI is InChI=1S/C16H13ClN2O3/c1-21-15-5-4-11(8-14(15)17)7-12(9-18)16(20)19-10-13-3-2-6-22-13/h2-8H,10H2,1H3,(H,19,20). The fourth-order valence-corrected chi connectivity index (χ4v) is 2.03. The Morgan fingerprint density at radius 2 is 2.32 bits per heavy atom. The number of rotatable bonds is 5. The van der Waals surface area contributed by atoms with E-state index in [0.717, 1.165) is 0 Å². The van der Waals surface area contributed by atoms with E-state index < -0.39 is 5.91 Å². The molecule has 0 saturated carbocycles. The molecule has 1 aromatic heterocycles. The molecule has 0 saturated heterocycles. The minimum absolute atomic E-state index is 0.0206. The van der Waals surface area contributed by atoms with Crippen LogP contribution in [0.3, 0.4) is 0 Å². The first-order valence-corrected chi connectivity index (χ1v) is 6.77. The smallest absolute Gasteiger partial charge is 0.262 e. The van der Waals surface area contributed by atoms with E-state index in [1.54, 1.807) is 30.3 Å². The molecule has 1 amide bonds. The van der Waals surface area contributed by atoms with E-state index in [-0.39, 0.29) is 12.1 Å². The highest BCUT2D eigenvalue weighted by Crippen LogP contribution is 2.25. The van der Waals surface area contributed by atoms with Gasteiger partial charge in [-0.3, -0.25) is 4.79 Å². The third-order valence-corrected chi connectivity index (χ3v) is 3.15. The van der Waals surface area contributed by atoms with Gasteiger partial charge in [0.1, 0.15) is 23.2 Å². The maximum Gasteiger partial charge on any atom is 0.262 e. The number of nitriles is 1. The Kier molecular flexibility index (Phi) is 5.23. The summed E-state index contributed by atoms with van der Waals surface area (Å²) in [5.41, 5.74) is 0.614. The van der Waals surface area contributed by atoms with Crippen molar-refractivity contribution < 1.29 is 13.9 Å². The first-order valence-electron chi connectivity index (χ1n) is 6.40. The third-order valence-electron chi connectivity index (χ3n) is 2.86. The van der Waals surface area contributed by atoms with Gasteiger partial charge in [-0.1, -0.05) is 17.7 Å². The van der Waals surface area contributed by atoms with E-state index in [4.69, 9.17) is 26.0 Å². The number of ether oxygens (including phenoxy) is 1. The molecule has 112 valence electrons. The van der Waals surface area contributed by atoms with E-state index in [1.165, 1.54) is 19.4 Å². The molecule has 1 aromatic carbocycles. The van der Waals surface area contributed by atoms with Gasteiger partial charge in [0.2, 0.25) is 0 Å². The summed E-state index contributed by atoms with van der Waals surface area (Å²) in [6.07, 6.45) is 2.98. The van der Waals surface area contributed by atoms with Crippen LogP contribution in [0.15, 0.2) is 46.6 Å². The van der Waals surface area contributed by atoms with Crippen LogP contribution in [0.1, 0.15) is 11.3 Å². The first kappa shape index (κ1) is 15.7. The van der Waals surface area contributed by atoms with Gasteiger partial charge >= 0.3 is 0 Å². The van der Waals surface area contributed by atoms with Gasteiger partial charge in [-0.2, -0.15) is 5.26 Å². The molecule has 0 unspecified atom stereocenters. The normalized spacial score (nSPS) is 10.9. The zero-order chi connectivity index (χ0) is 15.9. The number of furan rings is 1. The fraction of sp³-hybridized carbons (Fsp3) is 0.125. The molecular weight excluding hydrogens is 304 g/mol. The van der Waals surface area contributed by atoms with E-state index in [9.17, 15) is 4.79 Å². The second-order valence-electron chi connectivity index (χ2n) is 4.33. The summed E-state index contributed by atoms with van der Waals surface area (Å²) in [5, 5.41) is 12.1. The van der Waals surface area contributed by atoms with Crippen molar-refractivity contribution in [3.05, 3.63) is 58.5 Å². The van der Waals surface area contributed by atoms with Crippen molar-refractivity contribution in [3.63, 3.8) is 0 Å². The largest absolute Gasteiger partial charge is 0.495 e. The van der Waals surface area contributed by atoms with Crippen molar-refractivity contribution in [2.24, 2.45) is 0 Å². The van der Waals surface area contributed by atoms with Crippen molar-refractivity contribution >= 4 is 23.6 Å². The number of amides is 1. The molecule has 0 aliphatic rings. The summed E-state index contributed by atoms with van der Waals surface area (Å²) in [7, 11) is 1.51. The van der Waals surface area contributed by atoms with Crippen LogP contribution in [0.2, 0.25) is 5.02 Å². The molecule has 2 aromatic rings. The molecule has 0 atom stereocenters. The Morgan fingerprint density at radius 3 is 2.91 bits per heavy atom. The molecule has 22 heavy (non-hydrogen) atoms. The van der Waals surface area contributed by atoms with Crippen molar-refractivity contribution in [3.8, 4) is 11.8 Å².